The summed E-state index contributed by atoms with van der Waals surface area (Å²) in [5, 5.41) is 16.5. The summed E-state index contributed by atoms with van der Waals surface area (Å²) < 4.78 is 5.28. The first-order chi connectivity index (χ1) is 12.6. The summed E-state index contributed by atoms with van der Waals surface area (Å²) in [7, 11) is 0. The summed E-state index contributed by atoms with van der Waals surface area (Å²) in [4.78, 5) is 20.6. The topological polar surface area (TPSA) is 94.7 Å². The summed E-state index contributed by atoms with van der Waals surface area (Å²) in [6, 6.07) is 6.58. The maximum Gasteiger partial charge on any atom is 0.318 e. The van der Waals surface area contributed by atoms with Crippen molar-refractivity contribution in [1.82, 2.24) is 25.3 Å². The van der Waals surface area contributed by atoms with Crippen LogP contribution in [0, 0.1) is 0 Å². The fraction of sp³-hybridized carbons (Fsp3) is 0.471. The second kappa shape index (κ2) is 8.48. The Hall–Kier alpha value is -2.16. The smallest absolute Gasteiger partial charge is 0.318 e. The molecule has 26 heavy (non-hydrogen) atoms. The van der Waals surface area contributed by atoms with E-state index in [0.29, 0.717) is 36.4 Å². The van der Waals surface area contributed by atoms with Gasteiger partial charge in [0.2, 0.25) is 11.7 Å². The van der Waals surface area contributed by atoms with Gasteiger partial charge in [0.25, 0.3) is 0 Å². The van der Waals surface area contributed by atoms with Gasteiger partial charge in [-0.25, -0.2) is 4.79 Å². The Morgan fingerprint density at radius 3 is 2.65 bits per heavy atom. The van der Waals surface area contributed by atoms with Crippen LogP contribution in [0.25, 0.3) is 11.4 Å². The fourth-order valence-corrected chi connectivity index (χ4v) is 2.91. The van der Waals surface area contributed by atoms with Gasteiger partial charge in [0.05, 0.1) is 6.61 Å². The van der Waals surface area contributed by atoms with Gasteiger partial charge in [-0.1, -0.05) is 16.8 Å². The molecule has 0 spiro atoms. The number of piperazine rings is 1. The standard InChI is InChI=1S/C17H22ClN5O3/c1-12(19-17(25)23-8-6-22(7-9-23)10-11-24)16-20-15(21-26-16)13-2-4-14(18)5-3-13/h2-5,12,24H,6-11H2,1H3,(H,19,25). The van der Waals surface area contributed by atoms with Crippen LogP contribution in [0.4, 0.5) is 4.79 Å². The zero-order valence-electron chi connectivity index (χ0n) is 14.6. The highest BCUT2D eigenvalue weighted by Crippen LogP contribution is 2.20. The summed E-state index contributed by atoms with van der Waals surface area (Å²) >= 11 is 5.88. The quantitative estimate of drug-likeness (QED) is 0.822. The zero-order chi connectivity index (χ0) is 18.5. The van der Waals surface area contributed by atoms with Gasteiger partial charge in [-0.3, -0.25) is 4.90 Å². The van der Waals surface area contributed by atoms with E-state index in [1.54, 1.807) is 24.0 Å². The third-order valence-electron chi connectivity index (χ3n) is 4.33. The highest BCUT2D eigenvalue weighted by Gasteiger charge is 2.24. The number of urea groups is 1. The predicted octanol–water partition coefficient (Wildman–Crippen LogP) is 1.77. The Bertz CT molecular complexity index is 728. The van der Waals surface area contributed by atoms with Gasteiger partial charge >= 0.3 is 6.03 Å². The summed E-state index contributed by atoms with van der Waals surface area (Å²) in [5.41, 5.74) is 0.794. The number of aliphatic hydroxyl groups is 1. The molecule has 3 rings (SSSR count). The van der Waals surface area contributed by atoms with Crippen LogP contribution in [0.2, 0.25) is 5.02 Å². The maximum absolute atomic E-state index is 12.4. The third kappa shape index (κ3) is 4.51. The molecule has 1 aromatic carbocycles. The van der Waals surface area contributed by atoms with Gasteiger partial charge in [-0.05, 0) is 31.2 Å². The van der Waals surface area contributed by atoms with Crippen molar-refractivity contribution in [2.24, 2.45) is 0 Å². The van der Waals surface area contributed by atoms with Gasteiger partial charge in [0.15, 0.2) is 0 Å². The molecule has 1 aliphatic rings. The summed E-state index contributed by atoms with van der Waals surface area (Å²) in [6.07, 6.45) is 0. The molecule has 1 aromatic heterocycles. The van der Waals surface area contributed by atoms with Crippen molar-refractivity contribution < 1.29 is 14.4 Å². The van der Waals surface area contributed by atoms with E-state index in [-0.39, 0.29) is 12.6 Å². The largest absolute Gasteiger partial charge is 0.395 e. The summed E-state index contributed by atoms with van der Waals surface area (Å²) in [6.45, 7) is 5.33. The van der Waals surface area contributed by atoms with Gasteiger partial charge in [0.1, 0.15) is 6.04 Å². The van der Waals surface area contributed by atoms with Gasteiger partial charge < -0.3 is 19.8 Å². The Kier molecular flexibility index (Phi) is 6.08. The number of rotatable bonds is 5. The lowest BCUT2D eigenvalue weighted by molar-refractivity contribution is 0.120. The average Bonchev–Trinajstić information content (AvgIpc) is 3.13. The van der Waals surface area contributed by atoms with Crippen LogP contribution in [-0.4, -0.2) is 70.4 Å². The molecule has 1 unspecified atom stereocenters. The maximum atomic E-state index is 12.4. The van der Waals surface area contributed by atoms with Crippen molar-refractivity contribution in [2.45, 2.75) is 13.0 Å². The number of hydrogen-bond acceptors (Lipinski definition) is 6. The Labute approximate surface area is 156 Å². The van der Waals surface area contributed by atoms with Gasteiger partial charge in [-0.2, -0.15) is 4.98 Å². The first kappa shape index (κ1) is 18.6. The first-order valence-corrected chi connectivity index (χ1v) is 8.93. The molecule has 0 bridgehead atoms. The number of β-amino-alcohol motifs (C(OH)–C–C–N with tert-alkyl or cyclic N) is 1. The predicted molar refractivity (Wildman–Crippen MR) is 96.8 cm³/mol. The third-order valence-corrected chi connectivity index (χ3v) is 4.58. The molecule has 2 aromatic rings. The molecule has 0 aliphatic carbocycles. The minimum absolute atomic E-state index is 0.135. The SMILES string of the molecule is CC(NC(=O)N1CCN(CCO)CC1)c1nc(-c2ccc(Cl)cc2)no1. The molecular formula is C17H22ClN5O3. The number of halogens is 1. The van der Waals surface area contributed by atoms with E-state index in [1.165, 1.54) is 0 Å². The van der Waals surface area contributed by atoms with Crippen molar-refractivity contribution in [3.05, 3.63) is 35.2 Å². The van der Waals surface area contributed by atoms with Crippen molar-refractivity contribution >= 4 is 17.6 Å². The molecule has 1 atom stereocenters. The van der Waals surface area contributed by atoms with E-state index in [2.05, 4.69) is 20.4 Å². The van der Waals surface area contributed by atoms with E-state index in [0.717, 1.165) is 18.7 Å². The minimum Gasteiger partial charge on any atom is -0.395 e. The second-order valence-electron chi connectivity index (χ2n) is 6.19. The van der Waals surface area contributed by atoms with E-state index in [4.69, 9.17) is 21.2 Å². The molecule has 0 saturated carbocycles. The minimum atomic E-state index is -0.397. The fourth-order valence-electron chi connectivity index (χ4n) is 2.78. The molecule has 9 heteroatoms. The molecule has 1 fully saturated rings. The highest BCUT2D eigenvalue weighted by atomic mass is 35.5. The molecule has 140 valence electrons. The van der Waals surface area contributed by atoms with E-state index < -0.39 is 6.04 Å². The van der Waals surface area contributed by atoms with Crippen LogP contribution in [0.3, 0.4) is 0 Å². The number of aliphatic hydroxyl groups excluding tert-OH is 1. The van der Waals surface area contributed by atoms with Crippen LogP contribution in [0.15, 0.2) is 28.8 Å². The molecule has 2 amide bonds. The number of hydrogen-bond donors (Lipinski definition) is 2. The number of amides is 2. The number of nitrogens with zero attached hydrogens (tertiary/aromatic N) is 4. The van der Waals surface area contributed by atoms with E-state index in [9.17, 15) is 4.79 Å². The van der Waals surface area contributed by atoms with Crippen molar-refractivity contribution in [3.63, 3.8) is 0 Å². The normalized spacial score (nSPS) is 16.5. The zero-order valence-corrected chi connectivity index (χ0v) is 15.3. The number of carbonyl (C=O) groups excluding carboxylic acids is 1. The molecule has 8 nitrogen and oxygen atoms in total. The number of nitrogens with one attached hydrogen (secondary N) is 1. The molecule has 1 aliphatic heterocycles. The van der Waals surface area contributed by atoms with Crippen LogP contribution >= 0.6 is 11.6 Å². The molecule has 1 saturated heterocycles. The van der Waals surface area contributed by atoms with Crippen LogP contribution in [0.1, 0.15) is 18.9 Å². The highest BCUT2D eigenvalue weighted by molar-refractivity contribution is 6.30. The number of aromatic nitrogens is 2. The lowest BCUT2D eigenvalue weighted by Gasteiger charge is -2.34. The van der Waals surface area contributed by atoms with E-state index >= 15 is 0 Å². The van der Waals surface area contributed by atoms with Gasteiger partial charge in [-0.15, -0.1) is 0 Å². The Morgan fingerprint density at radius 2 is 2.00 bits per heavy atom. The average molecular weight is 380 g/mol. The second-order valence-corrected chi connectivity index (χ2v) is 6.62. The molecule has 2 N–H and O–H groups in total. The monoisotopic (exact) mass is 379 g/mol. The van der Waals surface area contributed by atoms with Crippen molar-refractivity contribution in [3.8, 4) is 11.4 Å². The lowest BCUT2D eigenvalue weighted by Crippen LogP contribution is -2.52. The Balaban J connectivity index is 1.56. The number of carbonyl (C=O) groups is 1. The van der Waals surface area contributed by atoms with E-state index in [1.807, 2.05) is 12.1 Å². The lowest BCUT2D eigenvalue weighted by atomic mass is 10.2. The molecule has 0 radical (unpaired) electrons. The van der Waals surface area contributed by atoms with Crippen LogP contribution < -0.4 is 5.32 Å². The van der Waals surface area contributed by atoms with Crippen molar-refractivity contribution in [1.29, 1.82) is 0 Å². The molecular weight excluding hydrogens is 358 g/mol. The van der Waals surface area contributed by atoms with Crippen LogP contribution in [0.5, 0.6) is 0 Å². The first-order valence-electron chi connectivity index (χ1n) is 8.55. The Morgan fingerprint density at radius 1 is 1.31 bits per heavy atom. The summed E-state index contributed by atoms with van der Waals surface area (Å²) in [5.74, 6) is 0.803. The molecule has 2 heterocycles. The number of benzene rings is 1. The van der Waals surface area contributed by atoms with Gasteiger partial charge in [0, 0.05) is 43.3 Å². The van der Waals surface area contributed by atoms with Crippen LogP contribution in [-0.2, 0) is 0 Å². The van der Waals surface area contributed by atoms with Crippen molar-refractivity contribution in [2.75, 3.05) is 39.3 Å².